The van der Waals surface area contributed by atoms with Gasteiger partial charge in [-0.05, 0) is 68.7 Å². The SMILES string of the molecule is CC(C)NC(=O)c1ccc(NCC(=O)Nc2ccccc2OCCCc2ccccc2)cc1. The highest BCUT2D eigenvalue weighted by molar-refractivity contribution is 5.96. The predicted octanol–water partition coefficient (Wildman–Crippen LogP) is 4.89. The number of anilines is 2. The van der Waals surface area contributed by atoms with Gasteiger partial charge in [0.2, 0.25) is 5.91 Å². The number of carbonyl (C=O) groups excluding carboxylic acids is 2. The fourth-order valence-corrected chi connectivity index (χ4v) is 3.26. The molecule has 0 radical (unpaired) electrons. The van der Waals surface area contributed by atoms with E-state index >= 15 is 0 Å². The van der Waals surface area contributed by atoms with Crippen LogP contribution in [0.25, 0.3) is 0 Å². The lowest BCUT2D eigenvalue weighted by Crippen LogP contribution is -2.30. The van der Waals surface area contributed by atoms with Gasteiger partial charge in [-0.3, -0.25) is 9.59 Å². The first kappa shape index (κ1) is 23.9. The Labute approximate surface area is 195 Å². The maximum atomic E-state index is 12.5. The molecule has 33 heavy (non-hydrogen) atoms. The molecule has 0 fully saturated rings. The van der Waals surface area contributed by atoms with E-state index in [4.69, 9.17) is 4.74 Å². The van der Waals surface area contributed by atoms with Crippen molar-refractivity contribution in [1.82, 2.24) is 5.32 Å². The molecule has 6 heteroatoms. The summed E-state index contributed by atoms with van der Waals surface area (Å²) in [6.07, 6.45) is 1.83. The van der Waals surface area contributed by atoms with Gasteiger partial charge in [-0.25, -0.2) is 0 Å². The summed E-state index contributed by atoms with van der Waals surface area (Å²) in [5.41, 5.74) is 3.26. The molecule has 0 aromatic heterocycles. The number of para-hydroxylation sites is 2. The molecule has 0 spiro atoms. The molecule has 0 heterocycles. The van der Waals surface area contributed by atoms with Crippen LogP contribution in [0.2, 0.25) is 0 Å². The second-order valence-corrected chi connectivity index (χ2v) is 8.04. The number of benzene rings is 3. The Bertz CT molecular complexity index is 1030. The third-order valence-corrected chi connectivity index (χ3v) is 4.89. The lowest BCUT2D eigenvalue weighted by atomic mass is 10.1. The number of ether oxygens (including phenoxy) is 1. The largest absolute Gasteiger partial charge is 0.491 e. The molecule has 0 aliphatic heterocycles. The lowest BCUT2D eigenvalue weighted by molar-refractivity contribution is -0.114. The van der Waals surface area contributed by atoms with Crippen molar-refractivity contribution in [3.05, 3.63) is 90.0 Å². The maximum absolute atomic E-state index is 12.5. The summed E-state index contributed by atoms with van der Waals surface area (Å²) in [5.74, 6) is 0.353. The van der Waals surface area contributed by atoms with Gasteiger partial charge in [-0.15, -0.1) is 0 Å². The van der Waals surface area contributed by atoms with Crippen LogP contribution in [0.5, 0.6) is 5.75 Å². The third-order valence-electron chi connectivity index (χ3n) is 4.89. The van der Waals surface area contributed by atoms with Crippen LogP contribution in [-0.2, 0) is 11.2 Å². The predicted molar refractivity (Wildman–Crippen MR) is 133 cm³/mol. The number of rotatable bonds is 11. The van der Waals surface area contributed by atoms with Crippen molar-refractivity contribution in [2.75, 3.05) is 23.8 Å². The molecule has 3 aromatic rings. The van der Waals surface area contributed by atoms with Gasteiger partial charge in [0, 0.05) is 17.3 Å². The number of hydrogen-bond acceptors (Lipinski definition) is 4. The van der Waals surface area contributed by atoms with Crippen LogP contribution >= 0.6 is 0 Å². The minimum absolute atomic E-state index is 0.0784. The topological polar surface area (TPSA) is 79.5 Å². The summed E-state index contributed by atoms with van der Waals surface area (Å²) in [7, 11) is 0. The quantitative estimate of drug-likeness (QED) is 0.367. The summed E-state index contributed by atoms with van der Waals surface area (Å²) >= 11 is 0. The highest BCUT2D eigenvalue weighted by atomic mass is 16.5. The van der Waals surface area contributed by atoms with Gasteiger partial charge in [0.05, 0.1) is 18.8 Å². The van der Waals surface area contributed by atoms with Crippen LogP contribution in [0.1, 0.15) is 36.2 Å². The summed E-state index contributed by atoms with van der Waals surface area (Å²) in [4.78, 5) is 24.5. The third kappa shape index (κ3) is 8.00. The molecule has 3 N–H and O–H groups in total. The number of carbonyl (C=O) groups is 2. The summed E-state index contributed by atoms with van der Waals surface area (Å²) in [6, 6.07) is 24.8. The molecule has 0 unspecified atom stereocenters. The normalized spacial score (nSPS) is 10.5. The number of amides is 2. The zero-order chi connectivity index (χ0) is 23.5. The Morgan fingerprint density at radius 1 is 0.879 bits per heavy atom. The lowest BCUT2D eigenvalue weighted by Gasteiger charge is -2.13. The second kappa shape index (κ2) is 12.3. The summed E-state index contributed by atoms with van der Waals surface area (Å²) in [6.45, 7) is 4.50. The molecule has 0 bridgehead atoms. The standard InChI is InChI=1S/C27H31N3O3/c1-20(2)29-27(32)22-14-16-23(17-15-22)28-19-26(31)30-24-12-6-7-13-25(24)33-18-8-11-21-9-4-3-5-10-21/h3-7,9-10,12-17,20,28H,8,11,18-19H2,1-2H3,(H,29,32)(H,30,31). The van der Waals surface area contributed by atoms with Gasteiger partial charge < -0.3 is 20.7 Å². The molecule has 6 nitrogen and oxygen atoms in total. The Balaban J connectivity index is 1.46. The van der Waals surface area contributed by atoms with Crippen molar-refractivity contribution in [1.29, 1.82) is 0 Å². The van der Waals surface area contributed by atoms with E-state index in [1.807, 2.05) is 56.3 Å². The fraction of sp³-hybridized carbons (Fsp3) is 0.259. The van der Waals surface area contributed by atoms with Crippen molar-refractivity contribution in [2.24, 2.45) is 0 Å². The number of hydrogen-bond donors (Lipinski definition) is 3. The molecule has 0 aliphatic rings. The first-order valence-corrected chi connectivity index (χ1v) is 11.2. The van der Waals surface area contributed by atoms with E-state index < -0.39 is 0 Å². The van der Waals surface area contributed by atoms with Crippen LogP contribution in [0.4, 0.5) is 11.4 Å². The van der Waals surface area contributed by atoms with Gasteiger partial charge in [-0.2, -0.15) is 0 Å². The van der Waals surface area contributed by atoms with E-state index in [2.05, 4.69) is 28.1 Å². The van der Waals surface area contributed by atoms with E-state index in [0.717, 1.165) is 18.5 Å². The van der Waals surface area contributed by atoms with E-state index in [0.29, 0.717) is 23.6 Å². The van der Waals surface area contributed by atoms with E-state index in [1.54, 1.807) is 24.3 Å². The van der Waals surface area contributed by atoms with Crippen molar-refractivity contribution in [3.8, 4) is 5.75 Å². The van der Waals surface area contributed by atoms with E-state index in [9.17, 15) is 9.59 Å². The average molecular weight is 446 g/mol. The molecule has 172 valence electrons. The first-order valence-electron chi connectivity index (χ1n) is 11.2. The molecular weight excluding hydrogens is 414 g/mol. The van der Waals surface area contributed by atoms with Gasteiger partial charge in [0.1, 0.15) is 5.75 Å². The smallest absolute Gasteiger partial charge is 0.251 e. The molecule has 0 saturated carbocycles. The molecule has 3 aromatic carbocycles. The molecule has 0 aliphatic carbocycles. The van der Waals surface area contributed by atoms with Crippen LogP contribution in [0.3, 0.4) is 0 Å². The van der Waals surface area contributed by atoms with Gasteiger partial charge in [0.15, 0.2) is 0 Å². The van der Waals surface area contributed by atoms with Crippen molar-refractivity contribution >= 4 is 23.2 Å². The monoisotopic (exact) mass is 445 g/mol. The molecular formula is C27H31N3O3. The zero-order valence-electron chi connectivity index (χ0n) is 19.1. The fourth-order valence-electron chi connectivity index (χ4n) is 3.26. The minimum atomic E-state index is -0.183. The van der Waals surface area contributed by atoms with Crippen LogP contribution < -0.4 is 20.7 Å². The van der Waals surface area contributed by atoms with Gasteiger partial charge in [-0.1, -0.05) is 42.5 Å². The number of aryl methyl sites for hydroxylation is 1. The van der Waals surface area contributed by atoms with Crippen LogP contribution in [-0.4, -0.2) is 31.0 Å². The maximum Gasteiger partial charge on any atom is 0.251 e. The average Bonchev–Trinajstić information content (AvgIpc) is 2.82. The first-order chi connectivity index (χ1) is 16.0. The Hall–Kier alpha value is -3.80. The highest BCUT2D eigenvalue weighted by Crippen LogP contribution is 2.24. The molecule has 0 atom stereocenters. The van der Waals surface area contributed by atoms with Crippen LogP contribution in [0.15, 0.2) is 78.9 Å². The minimum Gasteiger partial charge on any atom is -0.491 e. The van der Waals surface area contributed by atoms with Crippen LogP contribution in [0, 0.1) is 0 Å². The second-order valence-electron chi connectivity index (χ2n) is 8.04. The van der Waals surface area contributed by atoms with Gasteiger partial charge in [0.25, 0.3) is 5.91 Å². The Morgan fingerprint density at radius 3 is 2.30 bits per heavy atom. The summed E-state index contributed by atoms with van der Waals surface area (Å²) < 4.78 is 5.91. The highest BCUT2D eigenvalue weighted by Gasteiger charge is 2.09. The zero-order valence-corrected chi connectivity index (χ0v) is 19.1. The van der Waals surface area contributed by atoms with Crippen molar-refractivity contribution < 1.29 is 14.3 Å². The van der Waals surface area contributed by atoms with E-state index in [1.165, 1.54) is 5.56 Å². The number of nitrogens with one attached hydrogen (secondary N) is 3. The Kier molecular flexibility index (Phi) is 8.88. The van der Waals surface area contributed by atoms with Crippen molar-refractivity contribution in [2.45, 2.75) is 32.7 Å². The summed E-state index contributed by atoms with van der Waals surface area (Å²) in [5, 5.41) is 8.83. The van der Waals surface area contributed by atoms with Gasteiger partial charge >= 0.3 is 0 Å². The molecule has 0 saturated heterocycles. The van der Waals surface area contributed by atoms with Crippen molar-refractivity contribution in [3.63, 3.8) is 0 Å². The Morgan fingerprint density at radius 2 is 1.58 bits per heavy atom. The molecule has 2 amide bonds. The van der Waals surface area contributed by atoms with E-state index in [-0.39, 0.29) is 24.4 Å². The molecule has 3 rings (SSSR count).